The van der Waals surface area contributed by atoms with Gasteiger partial charge >= 0.3 is 5.97 Å². The number of halogens is 1. The zero-order valence-electron chi connectivity index (χ0n) is 7.99. The van der Waals surface area contributed by atoms with Gasteiger partial charge in [0.2, 0.25) is 0 Å². The van der Waals surface area contributed by atoms with Gasteiger partial charge in [0.1, 0.15) is 11.5 Å². The normalized spacial score (nSPS) is 9.73. The van der Waals surface area contributed by atoms with Crippen LogP contribution in [0.5, 0.6) is 0 Å². The molecule has 0 aliphatic heterocycles. The molecule has 82 valence electrons. The largest absolute Gasteiger partial charge is 0.462 e. The van der Waals surface area contributed by atoms with Crippen molar-refractivity contribution in [2.45, 2.75) is 13.5 Å². The fourth-order valence-electron chi connectivity index (χ4n) is 0.917. The van der Waals surface area contributed by atoms with Crippen molar-refractivity contribution in [2.75, 3.05) is 6.61 Å². The maximum atomic E-state index is 11.3. The van der Waals surface area contributed by atoms with Gasteiger partial charge in [0.15, 0.2) is 0 Å². The molecule has 0 radical (unpaired) electrons. The molecule has 0 atom stereocenters. The van der Waals surface area contributed by atoms with Crippen LogP contribution in [0.1, 0.15) is 21.5 Å². The van der Waals surface area contributed by atoms with Gasteiger partial charge < -0.3 is 9.47 Å². The molecule has 6 heteroatoms. The van der Waals surface area contributed by atoms with Gasteiger partial charge in [-0.3, -0.25) is 4.79 Å². The van der Waals surface area contributed by atoms with Crippen LogP contribution in [-0.2, 0) is 20.9 Å². The summed E-state index contributed by atoms with van der Waals surface area (Å²) in [4.78, 5) is 22.3. The molecular weight excluding hydrogens is 240 g/mol. The Bertz CT molecular complexity index is 361. The second kappa shape index (κ2) is 5.72. The smallest absolute Gasteiger partial charge is 0.348 e. The van der Waals surface area contributed by atoms with Crippen molar-refractivity contribution in [3.05, 3.63) is 20.8 Å². The molecule has 0 aromatic carbocycles. The van der Waals surface area contributed by atoms with E-state index in [0.29, 0.717) is 27.9 Å². The van der Waals surface area contributed by atoms with Crippen LogP contribution in [0.3, 0.4) is 0 Å². The first-order chi connectivity index (χ1) is 7.19. The summed E-state index contributed by atoms with van der Waals surface area (Å²) in [5.41, 5.74) is 0. The summed E-state index contributed by atoms with van der Waals surface area (Å²) in [6, 6.07) is 1.51. The fraction of sp³-hybridized carbons (Fsp3) is 0.333. The Kier molecular flexibility index (Phi) is 4.58. The highest BCUT2D eigenvalue weighted by Crippen LogP contribution is 2.28. The first-order valence-corrected chi connectivity index (χ1v) is 5.39. The highest BCUT2D eigenvalue weighted by Gasteiger charge is 2.14. The van der Waals surface area contributed by atoms with Gasteiger partial charge in [-0.05, 0) is 13.0 Å². The van der Waals surface area contributed by atoms with E-state index in [1.54, 1.807) is 6.92 Å². The van der Waals surface area contributed by atoms with Crippen molar-refractivity contribution in [1.82, 2.24) is 0 Å². The first kappa shape index (κ1) is 12.0. The Hall–Kier alpha value is -1.07. The molecule has 0 fully saturated rings. The van der Waals surface area contributed by atoms with E-state index < -0.39 is 5.97 Å². The van der Waals surface area contributed by atoms with E-state index in [1.807, 2.05) is 0 Å². The first-order valence-electron chi connectivity index (χ1n) is 4.19. The molecule has 0 aliphatic carbocycles. The fourth-order valence-corrected chi connectivity index (χ4v) is 2.13. The third-order valence-electron chi connectivity index (χ3n) is 1.52. The molecule has 0 spiro atoms. The van der Waals surface area contributed by atoms with Gasteiger partial charge in [0.05, 0.1) is 16.5 Å². The number of hydrogen-bond donors (Lipinski definition) is 0. The zero-order valence-corrected chi connectivity index (χ0v) is 9.56. The van der Waals surface area contributed by atoms with Crippen molar-refractivity contribution >= 4 is 35.4 Å². The van der Waals surface area contributed by atoms with Crippen molar-refractivity contribution in [3.8, 4) is 0 Å². The number of esters is 1. The number of carbonyl (C=O) groups is 2. The Morgan fingerprint density at radius 2 is 2.40 bits per heavy atom. The maximum Gasteiger partial charge on any atom is 0.348 e. The molecule has 0 saturated heterocycles. The van der Waals surface area contributed by atoms with Crippen LogP contribution < -0.4 is 0 Å². The SMILES string of the molecule is CCOC(=O)c1cc(Cl)c(COC=O)s1. The molecule has 1 aromatic heterocycles. The van der Waals surface area contributed by atoms with Gasteiger partial charge in [0.25, 0.3) is 6.47 Å². The van der Waals surface area contributed by atoms with Crippen LogP contribution in [-0.4, -0.2) is 19.0 Å². The van der Waals surface area contributed by atoms with Gasteiger partial charge in [0, 0.05) is 0 Å². The summed E-state index contributed by atoms with van der Waals surface area (Å²) in [7, 11) is 0. The Balaban J connectivity index is 2.75. The van der Waals surface area contributed by atoms with E-state index in [0.717, 1.165) is 11.3 Å². The Morgan fingerprint density at radius 1 is 1.67 bits per heavy atom. The molecule has 15 heavy (non-hydrogen) atoms. The molecule has 1 aromatic rings. The number of hydrogen-bond acceptors (Lipinski definition) is 5. The highest BCUT2D eigenvalue weighted by atomic mass is 35.5. The third-order valence-corrected chi connectivity index (χ3v) is 3.05. The lowest BCUT2D eigenvalue weighted by molar-refractivity contribution is -0.129. The number of carbonyl (C=O) groups excluding carboxylic acids is 2. The molecular formula is C9H9ClO4S. The highest BCUT2D eigenvalue weighted by molar-refractivity contribution is 7.14. The lowest BCUT2D eigenvalue weighted by Crippen LogP contribution is -2.01. The third kappa shape index (κ3) is 3.21. The predicted octanol–water partition coefficient (Wildman–Crippen LogP) is 2.25. The summed E-state index contributed by atoms with van der Waals surface area (Å²) in [5.74, 6) is -0.415. The van der Waals surface area contributed by atoms with Crippen LogP contribution >= 0.6 is 22.9 Å². The second-order valence-electron chi connectivity index (χ2n) is 2.51. The van der Waals surface area contributed by atoms with Crippen LogP contribution in [0.2, 0.25) is 5.02 Å². The monoisotopic (exact) mass is 248 g/mol. The summed E-state index contributed by atoms with van der Waals surface area (Å²) in [6.07, 6.45) is 0. The quantitative estimate of drug-likeness (QED) is 0.592. The molecule has 1 heterocycles. The topological polar surface area (TPSA) is 52.6 Å². The summed E-state index contributed by atoms with van der Waals surface area (Å²) >= 11 is 6.99. The summed E-state index contributed by atoms with van der Waals surface area (Å²) < 4.78 is 9.35. The van der Waals surface area contributed by atoms with E-state index in [1.165, 1.54) is 6.07 Å². The van der Waals surface area contributed by atoms with Crippen LogP contribution in [0, 0.1) is 0 Å². The molecule has 0 aliphatic rings. The lowest BCUT2D eigenvalue weighted by atomic mass is 10.4. The predicted molar refractivity (Wildman–Crippen MR) is 56.1 cm³/mol. The van der Waals surface area contributed by atoms with Crippen LogP contribution in [0.15, 0.2) is 6.07 Å². The van der Waals surface area contributed by atoms with E-state index in [2.05, 4.69) is 4.74 Å². The van der Waals surface area contributed by atoms with Crippen molar-refractivity contribution in [1.29, 1.82) is 0 Å². The molecule has 4 nitrogen and oxygen atoms in total. The minimum Gasteiger partial charge on any atom is -0.462 e. The second-order valence-corrected chi connectivity index (χ2v) is 4.05. The maximum absolute atomic E-state index is 11.3. The summed E-state index contributed by atoms with van der Waals surface area (Å²) in [5, 5.41) is 0.407. The van der Waals surface area contributed by atoms with Gasteiger partial charge in [-0.25, -0.2) is 4.79 Å². The van der Waals surface area contributed by atoms with E-state index >= 15 is 0 Å². The van der Waals surface area contributed by atoms with E-state index in [9.17, 15) is 9.59 Å². The number of ether oxygens (including phenoxy) is 2. The standard InChI is InChI=1S/C9H9ClO4S/c1-2-14-9(12)7-3-6(10)8(15-7)4-13-5-11/h3,5H,2,4H2,1H3. The molecule has 0 N–H and O–H groups in total. The van der Waals surface area contributed by atoms with Gasteiger partial charge in [-0.15, -0.1) is 11.3 Å². The average molecular weight is 249 g/mol. The average Bonchev–Trinajstić information content (AvgIpc) is 2.57. The molecule has 1 rings (SSSR count). The molecule has 0 amide bonds. The van der Waals surface area contributed by atoms with E-state index in [4.69, 9.17) is 16.3 Å². The Labute approximate surface area is 95.7 Å². The molecule has 0 bridgehead atoms. The minimum absolute atomic E-state index is 0.0758. The van der Waals surface area contributed by atoms with Gasteiger partial charge in [-0.2, -0.15) is 0 Å². The summed E-state index contributed by atoms with van der Waals surface area (Å²) in [6.45, 7) is 2.45. The minimum atomic E-state index is -0.415. The van der Waals surface area contributed by atoms with Crippen molar-refractivity contribution in [3.63, 3.8) is 0 Å². The Morgan fingerprint density at radius 3 is 3.00 bits per heavy atom. The lowest BCUT2D eigenvalue weighted by Gasteiger charge is -1.96. The number of thiophene rings is 1. The van der Waals surface area contributed by atoms with Crippen molar-refractivity contribution in [2.24, 2.45) is 0 Å². The van der Waals surface area contributed by atoms with Crippen molar-refractivity contribution < 1.29 is 19.1 Å². The van der Waals surface area contributed by atoms with Crippen LogP contribution in [0.4, 0.5) is 0 Å². The van der Waals surface area contributed by atoms with Crippen LogP contribution in [0.25, 0.3) is 0 Å². The van der Waals surface area contributed by atoms with Gasteiger partial charge in [-0.1, -0.05) is 11.6 Å². The van der Waals surface area contributed by atoms with E-state index in [-0.39, 0.29) is 6.61 Å². The molecule has 0 saturated carbocycles. The molecule has 0 unspecified atom stereocenters. The number of rotatable bonds is 5. The zero-order chi connectivity index (χ0) is 11.3.